The van der Waals surface area contributed by atoms with E-state index < -0.39 is 10.9 Å². The zero-order chi connectivity index (χ0) is 10.9. The van der Waals surface area contributed by atoms with Gasteiger partial charge in [-0.15, -0.1) is 5.10 Å². The van der Waals surface area contributed by atoms with E-state index in [1.165, 1.54) is 18.7 Å². The van der Waals surface area contributed by atoms with E-state index in [1.54, 1.807) is 0 Å². The topological polar surface area (TPSA) is 87.3 Å². The smallest absolute Gasteiger partial charge is 0.353 e. The fourth-order valence-corrected chi connectivity index (χ4v) is 0.982. The van der Waals surface area contributed by atoms with Crippen molar-refractivity contribution >= 4 is 11.7 Å². The first-order valence-electron chi connectivity index (χ1n) is 3.80. The minimum atomic E-state index is -0.633. The van der Waals surface area contributed by atoms with Crippen LogP contribution in [0, 0.1) is 17.0 Å². The van der Waals surface area contributed by atoms with Gasteiger partial charge in [-0.3, -0.25) is 19.6 Å². The van der Waals surface area contributed by atoms with Crippen molar-refractivity contribution in [1.29, 1.82) is 0 Å². The lowest BCUT2D eigenvalue weighted by Gasteiger charge is -1.93. The summed E-state index contributed by atoms with van der Waals surface area (Å²) in [6.07, 6.45) is 0. The summed E-state index contributed by atoms with van der Waals surface area (Å²) in [5.74, 6) is -0.895. The number of nitro groups is 1. The van der Waals surface area contributed by atoms with Gasteiger partial charge in [-0.05, 0) is 6.92 Å². The van der Waals surface area contributed by atoms with Gasteiger partial charge in [0.15, 0.2) is 0 Å². The van der Waals surface area contributed by atoms with Crippen LogP contribution >= 0.6 is 0 Å². The molecule has 0 amide bonds. The van der Waals surface area contributed by atoms with Crippen molar-refractivity contribution in [3.63, 3.8) is 0 Å². The predicted octanol–water partition coefficient (Wildman–Crippen LogP) is 0.562. The lowest BCUT2D eigenvalue weighted by Crippen LogP contribution is -2.04. The van der Waals surface area contributed by atoms with Crippen molar-refractivity contribution in [3.8, 4) is 5.88 Å². The van der Waals surface area contributed by atoms with Gasteiger partial charge in [0.1, 0.15) is 5.69 Å². The van der Waals surface area contributed by atoms with Crippen molar-refractivity contribution in [1.82, 2.24) is 9.78 Å². The van der Waals surface area contributed by atoms with E-state index in [-0.39, 0.29) is 11.6 Å². The maximum Gasteiger partial charge on any atom is 0.353 e. The molecule has 0 spiro atoms. The van der Waals surface area contributed by atoms with Crippen molar-refractivity contribution in [3.05, 3.63) is 15.8 Å². The maximum absolute atomic E-state index is 10.6. The molecule has 1 aromatic rings. The van der Waals surface area contributed by atoms with Crippen LogP contribution in [0.15, 0.2) is 0 Å². The Morgan fingerprint density at radius 1 is 1.64 bits per heavy atom. The molecule has 14 heavy (non-hydrogen) atoms. The second-order valence-corrected chi connectivity index (χ2v) is 2.71. The number of esters is 1. The summed E-state index contributed by atoms with van der Waals surface area (Å²) < 4.78 is 5.88. The van der Waals surface area contributed by atoms with Gasteiger partial charge < -0.3 is 4.74 Å². The normalized spacial score (nSPS) is 9.93. The highest BCUT2D eigenvalue weighted by Gasteiger charge is 2.26. The van der Waals surface area contributed by atoms with Gasteiger partial charge >= 0.3 is 17.5 Å². The Balaban J connectivity index is 3.22. The molecule has 0 aliphatic heterocycles. The molecule has 0 radical (unpaired) electrons. The molecular weight excluding hydrogens is 190 g/mol. The first-order chi connectivity index (χ1) is 6.43. The number of carbonyl (C=O) groups excluding carboxylic acids is 1. The fourth-order valence-electron chi connectivity index (χ4n) is 0.982. The van der Waals surface area contributed by atoms with Crippen LogP contribution in [-0.2, 0) is 11.8 Å². The summed E-state index contributed by atoms with van der Waals surface area (Å²) in [4.78, 5) is 20.6. The molecule has 0 atom stereocenters. The zero-order valence-corrected chi connectivity index (χ0v) is 7.97. The molecule has 1 rings (SSSR count). The molecule has 1 heterocycles. The van der Waals surface area contributed by atoms with Gasteiger partial charge in [0.25, 0.3) is 0 Å². The zero-order valence-electron chi connectivity index (χ0n) is 7.97. The van der Waals surface area contributed by atoms with Crippen LogP contribution in [0.3, 0.4) is 0 Å². The van der Waals surface area contributed by atoms with Crippen LogP contribution in [0.4, 0.5) is 5.69 Å². The molecule has 7 heteroatoms. The number of carbonyl (C=O) groups is 1. The number of aromatic nitrogens is 2. The highest BCUT2D eigenvalue weighted by Crippen LogP contribution is 2.28. The van der Waals surface area contributed by atoms with Crippen molar-refractivity contribution in [2.24, 2.45) is 7.05 Å². The van der Waals surface area contributed by atoms with E-state index in [4.69, 9.17) is 0 Å². The Kier molecular flexibility index (Phi) is 2.50. The Hall–Kier alpha value is -1.92. The molecule has 76 valence electrons. The molecule has 0 aliphatic rings. The average molecular weight is 199 g/mol. The number of hydrogen-bond acceptors (Lipinski definition) is 5. The first-order valence-corrected chi connectivity index (χ1v) is 3.80. The average Bonchev–Trinajstić information content (AvgIpc) is 2.26. The van der Waals surface area contributed by atoms with E-state index in [9.17, 15) is 14.9 Å². The molecule has 0 saturated carbocycles. The number of rotatable bonds is 2. The fraction of sp³-hybridized carbons (Fsp3) is 0.429. The van der Waals surface area contributed by atoms with Gasteiger partial charge in [-0.2, -0.15) is 0 Å². The van der Waals surface area contributed by atoms with Crippen LogP contribution in [0.25, 0.3) is 0 Å². The van der Waals surface area contributed by atoms with E-state index >= 15 is 0 Å². The monoisotopic (exact) mass is 199 g/mol. The Labute approximate surface area is 79.4 Å². The van der Waals surface area contributed by atoms with Crippen LogP contribution in [0.2, 0.25) is 0 Å². The SMILES string of the molecule is CC(=O)Oc1nn(C)c(C)c1[N+](=O)[O-]. The van der Waals surface area contributed by atoms with E-state index in [0.717, 1.165) is 6.92 Å². The van der Waals surface area contributed by atoms with Crippen LogP contribution in [-0.4, -0.2) is 20.7 Å². The summed E-state index contributed by atoms with van der Waals surface area (Å²) in [6, 6.07) is 0. The predicted molar refractivity (Wildman–Crippen MR) is 45.9 cm³/mol. The number of hydrogen-bond donors (Lipinski definition) is 0. The molecule has 0 unspecified atom stereocenters. The third-order valence-electron chi connectivity index (χ3n) is 1.69. The summed E-state index contributed by atoms with van der Waals surface area (Å²) >= 11 is 0. The molecule has 0 saturated heterocycles. The van der Waals surface area contributed by atoms with Crippen molar-refractivity contribution in [2.45, 2.75) is 13.8 Å². The van der Waals surface area contributed by atoms with Crippen LogP contribution < -0.4 is 4.74 Å². The largest absolute Gasteiger partial charge is 0.400 e. The standard InChI is InChI=1S/C7H9N3O4/c1-4-6(10(12)13)7(8-9(4)3)14-5(2)11/h1-3H3. The molecular formula is C7H9N3O4. The summed E-state index contributed by atoms with van der Waals surface area (Å²) in [7, 11) is 1.54. The Morgan fingerprint density at radius 2 is 2.21 bits per heavy atom. The minimum absolute atomic E-state index is 0.262. The summed E-state index contributed by atoms with van der Waals surface area (Å²) in [5.41, 5.74) is 0.0638. The maximum atomic E-state index is 10.6. The molecule has 0 aliphatic carbocycles. The van der Waals surface area contributed by atoms with Crippen LogP contribution in [0.1, 0.15) is 12.6 Å². The number of nitrogens with zero attached hydrogens (tertiary/aromatic N) is 3. The Morgan fingerprint density at radius 3 is 2.64 bits per heavy atom. The van der Waals surface area contributed by atoms with Crippen molar-refractivity contribution in [2.75, 3.05) is 0 Å². The van der Waals surface area contributed by atoms with Gasteiger partial charge in [0.2, 0.25) is 0 Å². The lowest BCUT2D eigenvalue weighted by molar-refractivity contribution is -0.386. The summed E-state index contributed by atoms with van der Waals surface area (Å²) in [6.45, 7) is 2.69. The van der Waals surface area contributed by atoms with E-state index in [2.05, 4.69) is 9.84 Å². The second-order valence-electron chi connectivity index (χ2n) is 2.71. The third kappa shape index (κ3) is 1.70. The molecule has 0 N–H and O–H groups in total. The summed E-state index contributed by atoms with van der Waals surface area (Å²) in [5, 5.41) is 14.3. The quantitative estimate of drug-likeness (QED) is 0.394. The molecule has 0 fully saturated rings. The molecule has 7 nitrogen and oxygen atoms in total. The van der Waals surface area contributed by atoms with Gasteiger partial charge in [0.05, 0.1) is 4.92 Å². The first kappa shape index (κ1) is 10.2. The Bertz CT molecular complexity index is 396. The van der Waals surface area contributed by atoms with Gasteiger partial charge in [0, 0.05) is 14.0 Å². The highest BCUT2D eigenvalue weighted by atomic mass is 16.6. The molecule has 0 bridgehead atoms. The number of ether oxygens (including phenoxy) is 1. The van der Waals surface area contributed by atoms with Gasteiger partial charge in [-0.1, -0.05) is 0 Å². The van der Waals surface area contributed by atoms with Crippen LogP contribution in [0.5, 0.6) is 5.88 Å². The second kappa shape index (κ2) is 3.44. The van der Waals surface area contributed by atoms with E-state index in [1.807, 2.05) is 0 Å². The third-order valence-corrected chi connectivity index (χ3v) is 1.69. The lowest BCUT2D eigenvalue weighted by atomic mass is 10.4. The number of aryl methyl sites for hydroxylation is 1. The highest BCUT2D eigenvalue weighted by molar-refractivity contribution is 5.70. The molecule has 1 aromatic heterocycles. The van der Waals surface area contributed by atoms with Gasteiger partial charge in [-0.25, -0.2) is 0 Å². The van der Waals surface area contributed by atoms with E-state index in [0.29, 0.717) is 5.69 Å². The molecule has 0 aromatic carbocycles. The minimum Gasteiger partial charge on any atom is -0.400 e. The van der Waals surface area contributed by atoms with Crippen molar-refractivity contribution < 1.29 is 14.5 Å².